The highest BCUT2D eigenvalue weighted by Gasteiger charge is 2.17. The summed E-state index contributed by atoms with van der Waals surface area (Å²) in [4.78, 5) is 0.709. The van der Waals surface area contributed by atoms with Gasteiger partial charge < -0.3 is 4.42 Å². The highest BCUT2D eigenvalue weighted by atomic mass is 35.5. The number of rotatable bonds is 2. The van der Waals surface area contributed by atoms with Crippen molar-refractivity contribution in [2.45, 2.75) is 0 Å². The van der Waals surface area contributed by atoms with E-state index in [2.05, 4.69) is 15.3 Å². The Kier molecular flexibility index (Phi) is 2.95. The predicted molar refractivity (Wildman–Crippen MR) is 94.3 cm³/mol. The number of hydrogen-bond acceptors (Lipinski definition) is 5. The maximum Gasteiger partial charge on any atom is 0.235 e. The Morgan fingerprint density at radius 2 is 1.92 bits per heavy atom. The normalized spacial score (nSPS) is 11.5. The Morgan fingerprint density at radius 1 is 1.00 bits per heavy atom. The summed E-state index contributed by atoms with van der Waals surface area (Å²) in [6.07, 6.45) is 0. The summed E-state index contributed by atoms with van der Waals surface area (Å²) in [5.41, 5.74) is 1.77. The third-order valence-electron chi connectivity index (χ3n) is 3.71. The van der Waals surface area contributed by atoms with Crippen LogP contribution in [-0.4, -0.2) is 19.8 Å². The van der Waals surface area contributed by atoms with Gasteiger partial charge in [-0.3, -0.25) is 0 Å². The van der Waals surface area contributed by atoms with Gasteiger partial charge in [-0.1, -0.05) is 53.3 Å². The second-order valence-corrected chi connectivity index (χ2v) is 6.68. The van der Waals surface area contributed by atoms with E-state index in [4.69, 9.17) is 16.0 Å². The number of fused-ring (bicyclic) bond motifs is 2. The van der Waals surface area contributed by atoms with Crippen molar-refractivity contribution < 1.29 is 4.42 Å². The van der Waals surface area contributed by atoms with E-state index in [1.54, 1.807) is 4.52 Å². The summed E-state index contributed by atoms with van der Waals surface area (Å²) in [5.74, 6) is 1.23. The molecule has 116 valence electrons. The summed E-state index contributed by atoms with van der Waals surface area (Å²) >= 11 is 7.53. The first-order chi connectivity index (χ1) is 11.8. The SMILES string of the molecule is Clc1cccc(-c2nn3c(-c4cc5ccccc5o4)nnc3s2)c1. The zero-order chi connectivity index (χ0) is 16.1. The van der Waals surface area contributed by atoms with Crippen molar-refractivity contribution in [3.63, 3.8) is 0 Å². The van der Waals surface area contributed by atoms with E-state index in [9.17, 15) is 0 Å². The molecule has 3 aromatic heterocycles. The standard InChI is InChI=1S/C17H9ClN4OS/c18-12-6-3-5-11(8-12)16-21-22-15(19-20-17(22)24-16)14-9-10-4-1-2-7-13(10)23-14/h1-9H. The lowest BCUT2D eigenvalue weighted by atomic mass is 10.2. The Morgan fingerprint density at radius 3 is 2.79 bits per heavy atom. The molecule has 0 bridgehead atoms. The predicted octanol–water partition coefficient (Wildman–Crippen LogP) is 4.92. The Bertz CT molecular complexity index is 1160. The van der Waals surface area contributed by atoms with Crippen molar-refractivity contribution in [1.29, 1.82) is 0 Å². The van der Waals surface area contributed by atoms with Gasteiger partial charge in [0.05, 0.1) is 0 Å². The minimum Gasteiger partial charge on any atom is -0.453 e. The van der Waals surface area contributed by atoms with E-state index in [1.807, 2.05) is 54.6 Å². The van der Waals surface area contributed by atoms with Crippen LogP contribution in [0.25, 0.3) is 38.1 Å². The molecule has 0 spiro atoms. The molecule has 0 aliphatic rings. The molecule has 5 aromatic rings. The van der Waals surface area contributed by atoms with Crippen molar-refractivity contribution in [3.8, 4) is 22.2 Å². The van der Waals surface area contributed by atoms with Gasteiger partial charge in [0.2, 0.25) is 10.8 Å². The molecule has 24 heavy (non-hydrogen) atoms. The molecule has 2 aromatic carbocycles. The Hall–Kier alpha value is -2.70. The van der Waals surface area contributed by atoms with Gasteiger partial charge in [0.15, 0.2) is 5.76 Å². The number of para-hydroxylation sites is 1. The minimum absolute atomic E-state index is 0.589. The van der Waals surface area contributed by atoms with Crippen LogP contribution < -0.4 is 0 Å². The molecular weight excluding hydrogens is 344 g/mol. The van der Waals surface area contributed by atoms with Gasteiger partial charge in [0.25, 0.3) is 0 Å². The fraction of sp³-hybridized carbons (Fsp3) is 0. The van der Waals surface area contributed by atoms with Crippen LogP contribution in [-0.2, 0) is 0 Å². The number of halogens is 1. The molecule has 0 unspecified atom stereocenters. The van der Waals surface area contributed by atoms with Gasteiger partial charge >= 0.3 is 0 Å². The molecule has 0 aliphatic carbocycles. The summed E-state index contributed by atoms with van der Waals surface area (Å²) in [7, 11) is 0. The number of benzene rings is 2. The highest BCUT2D eigenvalue weighted by molar-refractivity contribution is 7.19. The number of hydrogen-bond donors (Lipinski definition) is 0. The van der Waals surface area contributed by atoms with Gasteiger partial charge in [-0.2, -0.15) is 9.61 Å². The third kappa shape index (κ3) is 2.11. The monoisotopic (exact) mass is 352 g/mol. The summed E-state index contributed by atoms with van der Waals surface area (Å²) in [5, 5.41) is 15.6. The van der Waals surface area contributed by atoms with Gasteiger partial charge in [-0.05, 0) is 24.3 Å². The summed E-state index contributed by atoms with van der Waals surface area (Å²) in [6.45, 7) is 0. The molecule has 0 fully saturated rings. The van der Waals surface area contributed by atoms with Gasteiger partial charge in [0.1, 0.15) is 10.6 Å². The number of nitrogens with zero attached hydrogens (tertiary/aromatic N) is 4. The number of furan rings is 1. The van der Waals surface area contributed by atoms with Crippen molar-refractivity contribution in [2.75, 3.05) is 0 Å². The van der Waals surface area contributed by atoms with E-state index in [0.717, 1.165) is 21.5 Å². The molecule has 3 heterocycles. The Balaban J connectivity index is 1.67. The van der Waals surface area contributed by atoms with E-state index < -0.39 is 0 Å². The first kappa shape index (κ1) is 13.7. The first-order valence-corrected chi connectivity index (χ1v) is 8.44. The lowest BCUT2D eigenvalue weighted by Gasteiger charge is -1.95. The molecule has 0 atom stereocenters. The van der Waals surface area contributed by atoms with Gasteiger partial charge in [0, 0.05) is 16.0 Å². The van der Waals surface area contributed by atoms with Crippen LogP contribution in [0.2, 0.25) is 5.02 Å². The minimum atomic E-state index is 0.589. The molecule has 0 N–H and O–H groups in total. The van der Waals surface area contributed by atoms with Crippen LogP contribution in [0.15, 0.2) is 59.0 Å². The van der Waals surface area contributed by atoms with E-state index in [-0.39, 0.29) is 0 Å². The molecule has 0 saturated heterocycles. The lowest BCUT2D eigenvalue weighted by molar-refractivity contribution is 0.622. The number of aromatic nitrogens is 4. The zero-order valence-corrected chi connectivity index (χ0v) is 13.8. The van der Waals surface area contributed by atoms with Crippen molar-refractivity contribution >= 4 is 38.9 Å². The maximum absolute atomic E-state index is 6.07. The smallest absolute Gasteiger partial charge is 0.235 e. The van der Waals surface area contributed by atoms with Crippen molar-refractivity contribution in [3.05, 3.63) is 59.6 Å². The fourth-order valence-electron chi connectivity index (χ4n) is 2.60. The van der Waals surface area contributed by atoms with Crippen molar-refractivity contribution in [1.82, 2.24) is 19.8 Å². The van der Waals surface area contributed by atoms with E-state index in [0.29, 0.717) is 21.6 Å². The topological polar surface area (TPSA) is 56.2 Å². The summed E-state index contributed by atoms with van der Waals surface area (Å²) in [6, 6.07) is 17.4. The van der Waals surface area contributed by atoms with Crippen LogP contribution in [0.4, 0.5) is 0 Å². The lowest BCUT2D eigenvalue weighted by Crippen LogP contribution is -1.89. The largest absolute Gasteiger partial charge is 0.453 e. The van der Waals surface area contributed by atoms with Crippen LogP contribution in [0, 0.1) is 0 Å². The maximum atomic E-state index is 6.07. The average molecular weight is 353 g/mol. The third-order valence-corrected chi connectivity index (χ3v) is 4.89. The second kappa shape index (κ2) is 5.15. The quantitative estimate of drug-likeness (QED) is 0.452. The van der Waals surface area contributed by atoms with Crippen LogP contribution in [0.3, 0.4) is 0 Å². The van der Waals surface area contributed by atoms with Crippen LogP contribution in [0.5, 0.6) is 0 Å². The molecule has 5 nitrogen and oxygen atoms in total. The molecule has 0 aliphatic heterocycles. The van der Waals surface area contributed by atoms with Crippen LogP contribution >= 0.6 is 22.9 Å². The fourth-order valence-corrected chi connectivity index (χ4v) is 3.63. The summed E-state index contributed by atoms with van der Waals surface area (Å²) < 4.78 is 7.58. The van der Waals surface area contributed by atoms with E-state index >= 15 is 0 Å². The molecular formula is C17H9ClN4OS. The van der Waals surface area contributed by atoms with Gasteiger partial charge in [-0.25, -0.2) is 0 Å². The zero-order valence-electron chi connectivity index (χ0n) is 12.2. The molecule has 5 rings (SSSR count). The molecule has 0 radical (unpaired) electrons. The highest BCUT2D eigenvalue weighted by Crippen LogP contribution is 2.31. The average Bonchev–Trinajstić information content (AvgIpc) is 3.27. The van der Waals surface area contributed by atoms with E-state index in [1.165, 1.54) is 11.3 Å². The molecule has 0 saturated carbocycles. The molecule has 7 heteroatoms. The van der Waals surface area contributed by atoms with Crippen LogP contribution in [0.1, 0.15) is 0 Å². The Labute approximate surface area is 145 Å². The second-order valence-electron chi connectivity index (χ2n) is 5.28. The van der Waals surface area contributed by atoms with Crippen molar-refractivity contribution in [2.24, 2.45) is 0 Å². The van der Waals surface area contributed by atoms with Gasteiger partial charge in [-0.15, -0.1) is 10.2 Å². The molecule has 0 amide bonds. The first-order valence-electron chi connectivity index (χ1n) is 7.25.